The first kappa shape index (κ1) is 12.6. The van der Waals surface area contributed by atoms with Crippen molar-refractivity contribution in [3.8, 4) is 5.75 Å². The van der Waals surface area contributed by atoms with E-state index in [0.717, 1.165) is 10.5 Å². The van der Waals surface area contributed by atoms with Crippen LogP contribution in [0.3, 0.4) is 0 Å². The molecule has 0 heterocycles. The minimum absolute atomic E-state index is 0.0169. The van der Waals surface area contributed by atoms with E-state index in [0.29, 0.717) is 4.91 Å². The number of rotatable bonds is 3. The number of phenolic OH excluding ortho intramolecular Hbond substituents is 1. The number of hydrogen-bond acceptors (Lipinski definition) is 4. The summed E-state index contributed by atoms with van der Waals surface area (Å²) in [5.74, 6) is 0.0670. The van der Waals surface area contributed by atoms with Crippen molar-refractivity contribution < 1.29 is 15.0 Å². The van der Waals surface area contributed by atoms with Gasteiger partial charge in [-0.15, -0.1) is 0 Å². The number of aromatic hydroxyl groups is 1. The van der Waals surface area contributed by atoms with Crippen LogP contribution in [0, 0.1) is 6.92 Å². The lowest BCUT2D eigenvalue weighted by Gasteiger charge is -2.06. The number of aryl methyl sites for hydroxylation is 1. The minimum atomic E-state index is -0.171. The topological polar surface area (TPSA) is 57.5 Å². The van der Waals surface area contributed by atoms with Gasteiger partial charge in [0.05, 0.1) is 4.91 Å². The maximum Gasteiger partial charge on any atom is 0.169 e. The fourth-order valence-corrected chi connectivity index (χ4v) is 2.11. The smallest absolute Gasteiger partial charge is 0.169 e. The Morgan fingerprint density at radius 3 is 2.38 bits per heavy atom. The van der Waals surface area contributed by atoms with E-state index in [9.17, 15) is 15.0 Å². The van der Waals surface area contributed by atoms with Gasteiger partial charge >= 0.3 is 0 Å². The fraction of sp³-hybridized carbons (Fsp3) is 0.250. The van der Waals surface area contributed by atoms with Crippen LogP contribution in [0.5, 0.6) is 5.75 Å². The van der Waals surface area contributed by atoms with Crippen molar-refractivity contribution in [1.82, 2.24) is 0 Å². The van der Waals surface area contributed by atoms with Crippen molar-refractivity contribution in [2.75, 3.05) is 0 Å². The molecule has 0 fully saturated rings. The summed E-state index contributed by atoms with van der Waals surface area (Å²) >= 11 is 1.20. The van der Waals surface area contributed by atoms with Crippen molar-refractivity contribution in [2.45, 2.75) is 25.7 Å². The maximum atomic E-state index is 11.3. The number of benzene rings is 1. The zero-order valence-corrected chi connectivity index (χ0v) is 10.3. The van der Waals surface area contributed by atoms with Gasteiger partial charge in [0.25, 0.3) is 0 Å². The number of aliphatic hydroxyl groups is 1. The number of aliphatic hydroxyl groups excluding tert-OH is 1. The minimum Gasteiger partial charge on any atom is -0.511 e. The quantitative estimate of drug-likeness (QED) is 0.482. The van der Waals surface area contributed by atoms with Crippen molar-refractivity contribution in [1.29, 1.82) is 0 Å². The average Bonchev–Trinajstić information content (AvgIpc) is 2.18. The number of phenols is 1. The Hall–Kier alpha value is -1.42. The lowest BCUT2D eigenvalue weighted by molar-refractivity contribution is -0.113. The summed E-state index contributed by atoms with van der Waals surface area (Å²) in [4.78, 5) is 12.4. The standard InChI is InChI=1S/C12H14O3S/c1-7-6-10(4-5-11(7)15)16-12(8(2)13)9(3)14/h4-6,13,15H,1-3H3/b12-8-. The summed E-state index contributed by atoms with van der Waals surface area (Å²) in [6.45, 7) is 4.68. The van der Waals surface area contributed by atoms with E-state index in [1.54, 1.807) is 25.1 Å². The molecule has 0 spiro atoms. The molecule has 0 bridgehead atoms. The number of ketones is 1. The van der Waals surface area contributed by atoms with E-state index in [1.165, 1.54) is 25.6 Å². The first-order chi connectivity index (χ1) is 7.41. The molecule has 0 aliphatic heterocycles. The van der Waals surface area contributed by atoms with Gasteiger partial charge in [0.2, 0.25) is 0 Å². The molecule has 1 rings (SSSR count). The second-order valence-electron chi connectivity index (χ2n) is 3.52. The zero-order valence-electron chi connectivity index (χ0n) is 9.44. The highest BCUT2D eigenvalue weighted by atomic mass is 32.2. The van der Waals surface area contributed by atoms with Crippen LogP contribution >= 0.6 is 11.8 Å². The van der Waals surface area contributed by atoms with Crippen LogP contribution in [-0.2, 0) is 4.79 Å². The molecule has 0 saturated heterocycles. The van der Waals surface area contributed by atoms with E-state index in [2.05, 4.69) is 0 Å². The third-order valence-electron chi connectivity index (χ3n) is 2.04. The number of carbonyl (C=O) groups is 1. The van der Waals surface area contributed by atoms with Gasteiger partial charge in [-0.05, 0) is 44.5 Å². The number of hydrogen-bond donors (Lipinski definition) is 2. The Bertz CT molecular complexity index is 446. The van der Waals surface area contributed by atoms with Crippen LogP contribution in [0.1, 0.15) is 19.4 Å². The van der Waals surface area contributed by atoms with Gasteiger partial charge in [-0.2, -0.15) is 0 Å². The first-order valence-electron chi connectivity index (χ1n) is 4.80. The van der Waals surface area contributed by atoms with Gasteiger partial charge < -0.3 is 10.2 Å². The Morgan fingerprint density at radius 1 is 1.31 bits per heavy atom. The van der Waals surface area contributed by atoms with Crippen molar-refractivity contribution >= 4 is 17.5 Å². The molecule has 0 aromatic heterocycles. The summed E-state index contributed by atoms with van der Waals surface area (Å²) in [5.41, 5.74) is 0.739. The third kappa shape index (κ3) is 3.03. The van der Waals surface area contributed by atoms with Crippen molar-refractivity contribution in [2.24, 2.45) is 0 Å². The molecule has 3 nitrogen and oxygen atoms in total. The van der Waals surface area contributed by atoms with Crippen LogP contribution < -0.4 is 0 Å². The number of allylic oxidation sites excluding steroid dienone is 2. The van der Waals surface area contributed by atoms with Crippen LogP contribution in [0.4, 0.5) is 0 Å². The molecule has 0 unspecified atom stereocenters. The largest absolute Gasteiger partial charge is 0.511 e. The summed E-state index contributed by atoms with van der Waals surface area (Å²) in [6.07, 6.45) is 0. The summed E-state index contributed by atoms with van der Waals surface area (Å²) in [7, 11) is 0. The van der Waals surface area contributed by atoms with Crippen LogP contribution in [-0.4, -0.2) is 16.0 Å². The highest BCUT2D eigenvalue weighted by Crippen LogP contribution is 2.31. The lowest BCUT2D eigenvalue weighted by atomic mass is 10.2. The molecule has 4 heteroatoms. The second kappa shape index (κ2) is 5.07. The van der Waals surface area contributed by atoms with Gasteiger partial charge in [-0.1, -0.05) is 11.8 Å². The van der Waals surface area contributed by atoms with Crippen molar-refractivity contribution in [3.05, 3.63) is 34.4 Å². The van der Waals surface area contributed by atoms with E-state index >= 15 is 0 Å². The molecular formula is C12H14O3S. The SMILES string of the molecule is CC(=O)/C(Sc1ccc(O)c(C)c1)=C(\C)O. The van der Waals surface area contributed by atoms with Crippen LogP contribution in [0.15, 0.2) is 33.8 Å². The number of carbonyl (C=O) groups excluding carboxylic acids is 1. The van der Waals surface area contributed by atoms with Crippen LogP contribution in [0.2, 0.25) is 0 Å². The number of thioether (sulfide) groups is 1. The monoisotopic (exact) mass is 238 g/mol. The summed E-state index contributed by atoms with van der Waals surface area (Å²) < 4.78 is 0. The molecule has 2 N–H and O–H groups in total. The summed E-state index contributed by atoms with van der Waals surface area (Å²) in [5, 5.41) is 18.7. The average molecular weight is 238 g/mol. The van der Waals surface area contributed by atoms with E-state index in [-0.39, 0.29) is 17.3 Å². The molecular weight excluding hydrogens is 224 g/mol. The molecule has 0 aliphatic carbocycles. The van der Waals surface area contributed by atoms with Gasteiger partial charge in [0.15, 0.2) is 5.78 Å². The Labute approximate surface area is 98.8 Å². The van der Waals surface area contributed by atoms with Gasteiger partial charge in [0.1, 0.15) is 11.5 Å². The van der Waals surface area contributed by atoms with E-state index in [1.807, 2.05) is 0 Å². The Balaban J connectivity index is 3.00. The molecule has 0 radical (unpaired) electrons. The Morgan fingerprint density at radius 2 is 1.94 bits per heavy atom. The molecule has 1 aromatic rings. The molecule has 16 heavy (non-hydrogen) atoms. The first-order valence-corrected chi connectivity index (χ1v) is 5.61. The molecule has 0 aliphatic rings. The summed E-state index contributed by atoms with van der Waals surface area (Å²) in [6, 6.07) is 5.05. The van der Waals surface area contributed by atoms with E-state index in [4.69, 9.17) is 0 Å². The van der Waals surface area contributed by atoms with Crippen LogP contribution in [0.25, 0.3) is 0 Å². The highest BCUT2D eigenvalue weighted by Gasteiger charge is 2.10. The predicted molar refractivity (Wildman–Crippen MR) is 64.7 cm³/mol. The van der Waals surface area contributed by atoms with Crippen molar-refractivity contribution in [3.63, 3.8) is 0 Å². The highest BCUT2D eigenvalue weighted by molar-refractivity contribution is 8.04. The zero-order chi connectivity index (χ0) is 12.3. The second-order valence-corrected chi connectivity index (χ2v) is 4.60. The number of Topliss-reactive ketones (excluding diaryl/α,β-unsaturated/α-hetero) is 1. The molecule has 0 saturated carbocycles. The van der Waals surface area contributed by atoms with E-state index < -0.39 is 0 Å². The Kier molecular flexibility index (Phi) is 4.01. The van der Waals surface area contributed by atoms with Gasteiger partial charge in [0, 0.05) is 4.90 Å². The lowest BCUT2D eigenvalue weighted by Crippen LogP contribution is -1.96. The molecule has 0 atom stereocenters. The normalized spacial score (nSPS) is 12.2. The maximum absolute atomic E-state index is 11.3. The molecule has 0 amide bonds. The third-order valence-corrected chi connectivity index (χ3v) is 3.31. The van der Waals surface area contributed by atoms with Gasteiger partial charge in [-0.3, -0.25) is 4.79 Å². The molecule has 86 valence electrons. The molecule has 1 aromatic carbocycles. The predicted octanol–water partition coefficient (Wildman–Crippen LogP) is 3.17. The fourth-order valence-electron chi connectivity index (χ4n) is 1.21. The van der Waals surface area contributed by atoms with Gasteiger partial charge in [-0.25, -0.2) is 0 Å².